The summed E-state index contributed by atoms with van der Waals surface area (Å²) in [6.45, 7) is -0.373. The number of pyridine rings is 1. The summed E-state index contributed by atoms with van der Waals surface area (Å²) in [7, 11) is -4.46. The topological polar surface area (TPSA) is 70.2 Å². The molecule has 0 saturated carbocycles. The number of nitrogens with one attached hydrogen (secondary N) is 1. The van der Waals surface area contributed by atoms with Gasteiger partial charge < -0.3 is 4.98 Å². The molecule has 0 saturated heterocycles. The van der Waals surface area contributed by atoms with Gasteiger partial charge in [0.05, 0.1) is 0 Å². The molecule has 108 valence electrons. The Hall–Kier alpha value is -1.35. The minimum Gasteiger partial charge on any atom is -0.366 e. The van der Waals surface area contributed by atoms with E-state index in [1.165, 1.54) is 6.20 Å². The van der Waals surface area contributed by atoms with Gasteiger partial charge in [0.2, 0.25) is 15.5 Å². The predicted octanol–water partition coefficient (Wildman–Crippen LogP) is 1.34. The van der Waals surface area contributed by atoms with Gasteiger partial charge in [0, 0.05) is 25.0 Å². The first kappa shape index (κ1) is 15.7. The fourth-order valence-electron chi connectivity index (χ4n) is 1.48. The fraction of sp³-hybridized carbons (Fsp3) is 0.500. The molecule has 0 spiro atoms. The molecule has 5 nitrogen and oxygen atoms in total. The lowest BCUT2D eigenvalue weighted by atomic mass is 10.5. The molecule has 19 heavy (non-hydrogen) atoms. The summed E-state index contributed by atoms with van der Waals surface area (Å²) < 4.78 is 61.5. The van der Waals surface area contributed by atoms with Crippen LogP contribution in [0.4, 0.5) is 13.2 Å². The Morgan fingerprint density at radius 2 is 2.00 bits per heavy atom. The van der Waals surface area contributed by atoms with Gasteiger partial charge in [-0.2, -0.15) is 17.5 Å². The number of hydrogen-bond acceptors (Lipinski definition) is 3. The Labute approximate surface area is 108 Å². The third-order valence-electron chi connectivity index (χ3n) is 2.23. The van der Waals surface area contributed by atoms with Crippen LogP contribution in [0.1, 0.15) is 13.3 Å². The molecule has 0 aliphatic carbocycles. The lowest BCUT2D eigenvalue weighted by molar-refractivity contribution is -0.136. The Morgan fingerprint density at radius 3 is 2.47 bits per heavy atom. The van der Waals surface area contributed by atoms with Crippen molar-refractivity contribution in [2.24, 2.45) is 0 Å². The van der Waals surface area contributed by atoms with Crippen LogP contribution in [0.2, 0.25) is 0 Å². The van der Waals surface area contributed by atoms with Crippen LogP contribution in [0, 0.1) is 0 Å². The fourth-order valence-corrected chi connectivity index (χ4v) is 3.03. The van der Waals surface area contributed by atoms with E-state index in [4.69, 9.17) is 0 Å². The third kappa shape index (κ3) is 4.06. The predicted molar refractivity (Wildman–Crippen MR) is 62.2 cm³/mol. The average Bonchev–Trinajstić information content (AvgIpc) is 2.27. The number of rotatable bonds is 5. The van der Waals surface area contributed by atoms with Crippen LogP contribution in [0.5, 0.6) is 0 Å². The second-order valence-corrected chi connectivity index (χ2v) is 5.73. The van der Waals surface area contributed by atoms with E-state index in [1.54, 1.807) is 6.92 Å². The van der Waals surface area contributed by atoms with E-state index in [9.17, 15) is 26.4 Å². The van der Waals surface area contributed by atoms with Crippen molar-refractivity contribution in [2.75, 3.05) is 13.1 Å². The summed E-state index contributed by atoms with van der Waals surface area (Å²) in [5, 5.41) is 0. The van der Waals surface area contributed by atoms with Gasteiger partial charge in [-0.3, -0.25) is 4.79 Å². The lowest BCUT2D eigenvalue weighted by Crippen LogP contribution is -2.40. The highest BCUT2D eigenvalue weighted by Crippen LogP contribution is 2.21. The summed E-state index contributed by atoms with van der Waals surface area (Å²) in [5.74, 6) is 0. The van der Waals surface area contributed by atoms with Crippen molar-refractivity contribution < 1.29 is 21.6 Å². The monoisotopic (exact) mass is 298 g/mol. The molecule has 9 heteroatoms. The third-order valence-corrected chi connectivity index (χ3v) is 4.10. The maximum Gasteiger partial charge on any atom is 0.402 e. The van der Waals surface area contributed by atoms with Crippen LogP contribution >= 0.6 is 0 Å². The molecule has 1 aromatic rings. The van der Waals surface area contributed by atoms with E-state index in [0.717, 1.165) is 12.3 Å². The molecule has 0 aliphatic rings. The number of sulfonamides is 1. The van der Waals surface area contributed by atoms with Crippen LogP contribution in [0.3, 0.4) is 0 Å². The number of hydrogen-bond donors (Lipinski definition) is 1. The van der Waals surface area contributed by atoms with Gasteiger partial charge in [-0.1, -0.05) is 6.92 Å². The average molecular weight is 298 g/mol. The summed E-state index contributed by atoms with van der Waals surface area (Å²) in [4.78, 5) is 13.1. The molecule has 0 bridgehead atoms. The largest absolute Gasteiger partial charge is 0.402 e. The lowest BCUT2D eigenvalue weighted by Gasteiger charge is -2.22. The highest BCUT2D eigenvalue weighted by atomic mass is 32.2. The Kier molecular flexibility index (Phi) is 4.75. The molecule has 0 fully saturated rings. The molecule has 1 rings (SSSR count). The van der Waals surface area contributed by atoms with Gasteiger partial charge in [0.15, 0.2) is 0 Å². The molecule has 1 heterocycles. The van der Waals surface area contributed by atoms with E-state index in [1.807, 2.05) is 0 Å². The Bertz CT molecular complexity index is 580. The van der Waals surface area contributed by atoms with Gasteiger partial charge in [0.25, 0.3) is 0 Å². The van der Waals surface area contributed by atoms with Gasteiger partial charge in [-0.25, -0.2) is 8.42 Å². The van der Waals surface area contributed by atoms with Crippen molar-refractivity contribution in [1.29, 1.82) is 0 Å². The van der Waals surface area contributed by atoms with E-state index < -0.39 is 33.1 Å². The normalized spacial score (nSPS) is 12.9. The maximum absolute atomic E-state index is 12.4. The zero-order chi connectivity index (χ0) is 14.7. The molecule has 0 aliphatic heterocycles. The summed E-state index contributed by atoms with van der Waals surface area (Å²) >= 11 is 0. The van der Waals surface area contributed by atoms with Gasteiger partial charge >= 0.3 is 6.18 Å². The van der Waals surface area contributed by atoms with Gasteiger partial charge in [-0.05, 0) is 6.42 Å². The highest BCUT2D eigenvalue weighted by molar-refractivity contribution is 7.89. The molecule has 0 unspecified atom stereocenters. The molecule has 0 amide bonds. The molecule has 0 aromatic carbocycles. The summed E-state index contributed by atoms with van der Waals surface area (Å²) in [6, 6.07) is 0.949. The smallest absolute Gasteiger partial charge is 0.366 e. The van der Waals surface area contributed by atoms with E-state index in [2.05, 4.69) is 4.98 Å². The van der Waals surface area contributed by atoms with Gasteiger partial charge in [-0.15, -0.1) is 0 Å². The Balaban J connectivity index is 3.21. The van der Waals surface area contributed by atoms with E-state index >= 15 is 0 Å². The highest BCUT2D eigenvalue weighted by Gasteiger charge is 2.37. The quantitative estimate of drug-likeness (QED) is 0.891. The SMILES string of the molecule is CCCN(CC(F)(F)F)S(=O)(=O)c1c[nH]ccc1=O. The number of alkyl halides is 3. The zero-order valence-electron chi connectivity index (χ0n) is 10.1. The second-order valence-electron chi connectivity index (χ2n) is 3.83. The minimum absolute atomic E-state index is 0.208. The second kappa shape index (κ2) is 5.74. The van der Waals surface area contributed by atoms with E-state index in [0.29, 0.717) is 0 Å². The van der Waals surface area contributed by atoms with Gasteiger partial charge in [0.1, 0.15) is 11.4 Å². The van der Waals surface area contributed by atoms with Crippen molar-refractivity contribution in [3.63, 3.8) is 0 Å². The molecule has 0 radical (unpaired) electrons. The zero-order valence-corrected chi connectivity index (χ0v) is 10.9. The first-order valence-corrected chi connectivity index (χ1v) is 6.86. The first-order chi connectivity index (χ1) is 8.68. The molecule has 1 N–H and O–H groups in total. The Morgan fingerprint density at radius 1 is 1.37 bits per heavy atom. The van der Waals surface area contributed by atoms with Crippen molar-refractivity contribution in [3.05, 3.63) is 28.7 Å². The number of H-pyrrole nitrogens is 1. The van der Waals surface area contributed by atoms with Crippen molar-refractivity contribution >= 4 is 10.0 Å². The molecular weight excluding hydrogens is 285 g/mol. The maximum atomic E-state index is 12.4. The van der Waals surface area contributed by atoms with Crippen LogP contribution in [0.25, 0.3) is 0 Å². The van der Waals surface area contributed by atoms with Crippen molar-refractivity contribution in [3.8, 4) is 0 Å². The molecule has 0 atom stereocenters. The molecule has 1 aromatic heterocycles. The number of nitrogens with zero attached hydrogens (tertiary/aromatic N) is 1. The number of aromatic nitrogens is 1. The number of aromatic amines is 1. The standard InChI is InChI=1S/C10H13F3N2O3S/c1-2-5-15(7-10(11,12)13)19(17,18)9-6-14-4-3-8(9)16/h3-4,6H,2,5,7H2,1H3,(H,14,16). The minimum atomic E-state index is -4.66. The number of halogens is 3. The van der Waals surface area contributed by atoms with Crippen LogP contribution in [-0.2, 0) is 10.0 Å². The summed E-state index contributed by atoms with van der Waals surface area (Å²) in [5.41, 5.74) is -0.845. The van der Waals surface area contributed by atoms with Crippen LogP contribution in [0.15, 0.2) is 28.2 Å². The van der Waals surface area contributed by atoms with Crippen LogP contribution < -0.4 is 5.43 Å². The van der Waals surface area contributed by atoms with E-state index in [-0.39, 0.29) is 17.3 Å². The van der Waals surface area contributed by atoms with Crippen LogP contribution in [-0.4, -0.2) is 37.0 Å². The summed E-state index contributed by atoms with van der Waals surface area (Å²) in [6.07, 6.45) is -2.37. The molecular formula is C10H13F3N2O3S. The first-order valence-electron chi connectivity index (χ1n) is 5.42. The van der Waals surface area contributed by atoms with Crippen molar-refractivity contribution in [2.45, 2.75) is 24.4 Å². The van der Waals surface area contributed by atoms with Crippen molar-refractivity contribution in [1.82, 2.24) is 9.29 Å².